The molecule has 0 heterocycles. The predicted molar refractivity (Wildman–Crippen MR) is 57.9 cm³/mol. The summed E-state index contributed by atoms with van der Waals surface area (Å²) < 4.78 is 19.0. The average Bonchev–Trinajstić information content (AvgIpc) is 2.11. The quantitative estimate of drug-likeness (QED) is 0.908. The van der Waals surface area contributed by atoms with Crippen molar-refractivity contribution in [3.63, 3.8) is 0 Å². The molecule has 1 aromatic carbocycles. The van der Waals surface area contributed by atoms with Crippen LogP contribution in [0.4, 0.5) is 4.39 Å². The molecule has 2 nitrogen and oxygen atoms in total. The number of hydrogen-bond acceptors (Lipinski definition) is 2. The van der Waals surface area contributed by atoms with Crippen molar-refractivity contribution in [2.45, 2.75) is 19.4 Å². The Balaban J connectivity index is 2.83. The zero-order valence-electron chi connectivity index (χ0n) is 8.18. The molecule has 0 aliphatic carbocycles. The summed E-state index contributed by atoms with van der Waals surface area (Å²) >= 11 is 3.07. The lowest BCUT2D eigenvalue weighted by Crippen LogP contribution is -2.37. The van der Waals surface area contributed by atoms with Gasteiger partial charge in [-0.3, -0.25) is 0 Å². The van der Waals surface area contributed by atoms with Gasteiger partial charge < -0.3 is 10.5 Å². The molecule has 4 heteroatoms. The molecule has 0 atom stereocenters. The summed E-state index contributed by atoms with van der Waals surface area (Å²) in [4.78, 5) is 0. The minimum absolute atomic E-state index is 0.338. The topological polar surface area (TPSA) is 35.2 Å². The second kappa shape index (κ2) is 4.28. The Morgan fingerprint density at radius 2 is 2.14 bits per heavy atom. The molecule has 2 N–H and O–H groups in total. The number of hydrogen-bond donors (Lipinski definition) is 1. The van der Waals surface area contributed by atoms with Crippen molar-refractivity contribution in [1.29, 1.82) is 0 Å². The smallest absolute Gasteiger partial charge is 0.141 e. The third-order valence-corrected chi connectivity index (χ3v) is 2.42. The molecule has 0 amide bonds. The summed E-state index contributed by atoms with van der Waals surface area (Å²) in [6, 6.07) is 4.64. The molecule has 0 spiro atoms. The molecule has 1 rings (SSSR count). The third-order valence-electron chi connectivity index (χ3n) is 1.78. The zero-order valence-corrected chi connectivity index (χ0v) is 9.77. The molecule has 0 saturated heterocycles. The van der Waals surface area contributed by atoms with Crippen LogP contribution in [0.5, 0.6) is 5.75 Å². The molecule has 0 saturated carbocycles. The molecular formula is C10H13BrFNO. The van der Waals surface area contributed by atoms with Gasteiger partial charge in [-0.15, -0.1) is 0 Å². The summed E-state index contributed by atoms with van der Waals surface area (Å²) in [7, 11) is 0. The Hall–Kier alpha value is -0.610. The van der Waals surface area contributed by atoms with Crippen LogP contribution < -0.4 is 10.5 Å². The highest BCUT2D eigenvalue weighted by Gasteiger charge is 2.17. The minimum atomic E-state index is -0.472. The summed E-state index contributed by atoms with van der Waals surface area (Å²) in [5, 5.41) is 0. The first-order chi connectivity index (χ1) is 6.44. The van der Waals surface area contributed by atoms with Crippen LogP contribution in [-0.2, 0) is 0 Å². The summed E-state index contributed by atoms with van der Waals surface area (Å²) in [6.07, 6.45) is 0. The first-order valence-corrected chi connectivity index (χ1v) is 5.08. The molecule has 0 aromatic heterocycles. The fourth-order valence-corrected chi connectivity index (χ4v) is 1.15. The van der Waals surface area contributed by atoms with Crippen molar-refractivity contribution in [2.75, 3.05) is 6.54 Å². The molecule has 0 aliphatic rings. The monoisotopic (exact) mass is 261 g/mol. The van der Waals surface area contributed by atoms with Crippen LogP contribution in [0, 0.1) is 5.82 Å². The molecular weight excluding hydrogens is 249 g/mol. The van der Waals surface area contributed by atoms with Crippen LogP contribution >= 0.6 is 15.9 Å². The zero-order chi connectivity index (χ0) is 10.8. The van der Waals surface area contributed by atoms with Crippen molar-refractivity contribution in [1.82, 2.24) is 0 Å². The van der Waals surface area contributed by atoms with Gasteiger partial charge in [0.05, 0.1) is 4.47 Å². The highest BCUT2D eigenvalue weighted by molar-refractivity contribution is 9.10. The van der Waals surface area contributed by atoms with E-state index in [4.69, 9.17) is 10.5 Å². The van der Waals surface area contributed by atoms with Crippen molar-refractivity contribution >= 4 is 15.9 Å². The van der Waals surface area contributed by atoms with Gasteiger partial charge in [0.2, 0.25) is 0 Å². The van der Waals surface area contributed by atoms with Gasteiger partial charge in [-0.05, 0) is 41.9 Å². The predicted octanol–water partition coefficient (Wildman–Crippen LogP) is 2.70. The first-order valence-electron chi connectivity index (χ1n) is 4.29. The molecule has 0 bridgehead atoms. The largest absolute Gasteiger partial charge is 0.486 e. The van der Waals surface area contributed by atoms with Crippen molar-refractivity contribution in [3.8, 4) is 5.75 Å². The van der Waals surface area contributed by atoms with Crippen LogP contribution in [0.3, 0.4) is 0 Å². The number of rotatable bonds is 3. The SMILES string of the molecule is CC(C)(CN)Oc1ccc(Br)c(F)c1. The Bertz CT molecular complexity index is 328. The Morgan fingerprint density at radius 3 is 2.64 bits per heavy atom. The fourth-order valence-electron chi connectivity index (χ4n) is 0.901. The first kappa shape index (κ1) is 11.5. The Kier molecular flexibility index (Phi) is 3.50. The molecule has 1 aromatic rings. The minimum Gasteiger partial charge on any atom is -0.486 e. The van der Waals surface area contributed by atoms with E-state index >= 15 is 0 Å². The van der Waals surface area contributed by atoms with E-state index in [1.165, 1.54) is 6.07 Å². The van der Waals surface area contributed by atoms with Gasteiger partial charge in [0.15, 0.2) is 0 Å². The number of benzene rings is 1. The summed E-state index contributed by atoms with van der Waals surface area (Å²) in [5.41, 5.74) is 5.02. The van der Waals surface area contributed by atoms with E-state index in [2.05, 4.69) is 15.9 Å². The van der Waals surface area contributed by atoms with E-state index in [0.717, 1.165) is 0 Å². The molecule has 78 valence electrons. The molecule has 0 aliphatic heterocycles. The van der Waals surface area contributed by atoms with Crippen molar-refractivity contribution in [3.05, 3.63) is 28.5 Å². The van der Waals surface area contributed by atoms with E-state index in [-0.39, 0.29) is 5.82 Å². The second-order valence-corrected chi connectivity index (χ2v) is 4.50. The van der Waals surface area contributed by atoms with Crippen molar-refractivity contribution < 1.29 is 9.13 Å². The maximum Gasteiger partial charge on any atom is 0.141 e. The van der Waals surface area contributed by atoms with E-state index in [9.17, 15) is 4.39 Å². The summed E-state index contributed by atoms with van der Waals surface area (Å²) in [6.45, 7) is 4.09. The fraction of sp³-hybridized carbons (Fsp3) is 0.400. The van der Waals surface area contributed by atoms with E-state index in [1.54, 1.807) is 12.1 Å². The van der Waals surface area contributed by atoms with Crippen LogP contribution in [-0.4, -0.2) is 12.1 Å². The molecule has 14 heavy (non-hydrogen) atoms. The average molecular weight is 262 g/mol. The van der Waals surface area contributed by atoms with Gasteiger partial charge in [0, 0.05) is 12.6 Å². The van der Waals surface area contributed by atoms with Crippen LogP contribution in [0.15, 0.2) is 22.7 Å². The van der Waals surface area contributed by atoms with Gasteiger partial charge in [-0.1, -0.05) is 0 Å². The molecule has 0 radical (unpaired) electrons. The normalized spacial score (nSPS) is 11.5. The Labute approximate surface area is 91.4 Å². The highest BCUT2D eigenvalue weighted by atomic mass is 79.9. The van der Waals surface area contributed by atoms with Crippen molar-refractivity contribution in [2.24, 2.45) is 5.73 Å². The molecule has 0 fully saturated rings. The van der Waals surface area contributed by atoms with Gasteiger partial charge >= 0.3 is 0 Å². The van der Waals surface area contributed by atoms with Gasteiger partial charge in [-0.2, -0.15) is 0 Å². The maximum absolute atomic E-state index is 13.1. The number of halogens is 2. The Morgan fingerprint density at radius 1 is 1.50 bits per heavy atom. The lowest BCUT2D eigenvalue weighted by atomic mass is 10.1. The lowest BCUT2D eigenvalue weighted by Gasteiger charge is -2.24. The van der Waals surface area contributed by atoms with Crippen LogP contribution in [0.2, 0.25) is 0 Å². The number of nitrogens with two attached hydrogens (primary N) is 1. The second-order valence-electron chi connectivity index (χ2n) is 3.64. The van der Waals surface area contributed by atoms with Crippen LogP contribution in [0.1, 0.15) is 13.8 Å². The van der Waals surface area contributed by atoms with E-state index < -0.39 is 5.60 Å². The van der Waals surface area contributed by atoms with Gasteiger partial charge in [0.25, 0.3) is 0 Å². The van der Waals surface area contributed by atoms with E-state index in [1.807, 2.05) is 13.8 Å². The number of ether oxygens (including phenoxy) is 1. The summed E-state index contributed by atoms with van der Waals surface area (Å²) in [5.74, 6) is 0.150. The van der Waals surface area contributed by atoms with Gasteiger partial charge in [0.1, 0.15) is 17.2 Å². The maximum atomic E-state index is 13.1. The van der Waals surface area contributed by atoms with E-state index in [0.29, 0.717) is 16.8 Å². The third kappa shape index (κ3) is 2.96. The standard InChI is InChI=1S/C10H13BrFNO/c1-10(2,6-13)14-7-3-4-8(11)9(12)5-7/h3-5H,6,13H2,1-2H3. The van der Waals surface area contributed by atoms with Crippen LogP contribution in [0.25, 0.3) is 0 Å². The molecule has 0 unspecified atom stereocenters. The van der Waals surface area contributed by atoms with Gasteiger partial charge in [-0.25, -0.2) is 4.39 Å². The lowest BCUT2D eigenvalue weighted by molar-refractivity contribution is 0.118. The highest BCUT2D eigenvalue weighted by Crippen LogP contribution is 2.23.